The standard InChI is InChI=1S/C11H11ClN4O/c12-10-2-1-9(5-14-10)6-16-3-4-17-7-11(16)15-8-13/h1-2,5H,3-4,6-7H2. The quantitative estimate of drug-likeness (QED) is 0.589. The molecule has 1 aliphatic heterocycles. The van der Waals surface area contributed by atoms with Gasteiger partial charge < -0.3 is 9.64 Å². The number of aliphatic imine (C=N–C) groups is 1. The van der Waals surface area contributed by atoms with E-state index < -0.39 is 0 Å². The maximum absolute atomic E-state index is 8.59. The number of hydrogen-bond donors (Lipinski definition) is 0. The molecule has 1 saturated heterocycles. The molecule has 0 aromatic carbocycles. The SMILES string of the molecule is N#CN=C1COCCN1Cc1ccc(Cl)nc1. The van der Waals surface area contributed by atoms with Crippen LogP contribution in [-0.4, -0.2) is 35.5 Å². The van der Waals surface area contributed by atoms with E-state index in [1.165, 1.54) is 0 Å². The first-order chi connectivity index (χ1) is 8.29. The number of pyridine rings is 1. The molecule has 0 aliphatic carbocycles. The van der Waals surface area contributed by atoms with Crippen molar-refractivity contribution in [2.45, 2.75) is 6.54 Å². The number of rotatable bonds is 2. The summed E-state index contributed by atoms with van der Waals surface area (Å²) < 4.78 is 5.26. The lowest BCUT2D eigenvalue weighted by Crippen LogP contribution is -2.41. The predicted molar refractivity (Wildman–Crippen MR) is 63.5 cm³/mol. The second-order valence-corrected chi connectivity index (χ2v) is 3.98. The van der Waals surface area contributed by atoms with Crippen LogP contribution in [0.5, 0.6) is 0 Å². The molecular formula is C11H11ClN4O. The molecule has 0 saturated carbocycles. The van der Waals surface area contributed by atoms with Crippen LogP contribution in [0.3, 0.4) is 0 Å². The first kappa shape index (κ1) is 11.8. The molecule has 0 radical (unpaired) electrons. The lowest BCUT2D eigenvalue weighted by atomic mass is 10.2. The number of halogens is 1. The van der Waals surface area contributed by atoms with Gasteiger partial charge in [0.05, 0.1) is 6.61 Å². The van der Waals surface area contributed by atoms with Crippen LogP contribution in [-0.2, 0) is 11.3 Å². The van der Waals surface area contributed by atoms with Crippen LogP contribution in [0.1, 0.15) is 5.56 Å². The van der Waals surface area contributed by atoms with E-state index in [1.54, 1.807) is 18.5 Å². The van der Waals surface area contributed by atoms with Gasteiger partial charge in [-0.3, -0.25) is 0 Å². The zero-order valence-corrected chi connectivity index (χ0v) is 9.89. The fourth-order valence-corrected chi connectivity index (χ4v) is 1.72. The van der Waals surface area contributed by atoms with Gasteiger partial charge in [-0.05, 0) is 11.6 Å². The summed E-state index contributed by atoms with van der Waals surface area (Å²) in [5.74, 6) is 0.661. The van der Waals surface area contributed by atoms with Crippen molar-refractivity contribution in [3.8, 4) is 6.19 Å². The summed E-state index contributed by atoms with van der Waals surface area (Å²) in [6.07, 6.45) is 3.52. The van der Waals surface area contributed by atoms with Crippen molar-refractivity contribution in [2.24, 2.45) is 4.99 Å². The van der Waals surface area contributed by atoms with Crippen molar-refractivity contribution < 1.29 is 4.74 Å². The molecule has 2 rings (SSSR count). The zero-order valence-electron chi connectivity index (χ0n) is 9.14. The molecule has 6 heteroatoms. The van der Waals surface area contributed by atoms with Crippen LogP contribution in [0, 0.1) is 11.5 Å². The molecule has 88 valence electrons. The molecule has 0 amide bonds. The third-order valence-corrected chi connectivity index (χ3v) is 2.67. The Balaban J connectivity index is 2.08. The van der Waals surface area contributed by atoms with Crippen molar-refractivity contribution in [1.82, 2.24) is 9.88 Å². The molecule has 5 nitrogen and oxygen atoms in total. The molecule has 0 bridgehead atoms. The Bertz CT molecular complexity index is 452. The summed E-state index contributed by atoms with van der Waals surface area (Å²) in [5.41, 5.74) is 1.03. The van der Waals surface area contributed by atoms with E-state index in [2.05, 4.69) is 9.98 Å². The van der Waals surface area contributed by atoms with Crippen molar-refractivity contribution >= 4 is 17.4 Å². The minimum absolute atomic E-state index is 0.384. The highest BCUT2D eigenvalue weighted by Gasteiger charge is 2.17. The van der Waals surface area contributed by atoms with Crippen molar-refractivity contribution in [2.75, 3.05) is 19.8 Å². The number of nitriles is 1. The Morgan fingerprint density at radius 1 is 1.59 bits per heavy atom. The van der Waals surface area contributed by atoms with E-state index in [0.29, 0.717) is 30.7 Å². The van der Waals surface area contributed by atoms with Gasteiger partial charge in [0.1, 0.15) is 17.6 Å². The summed E-state index contributed by atoms with van der Waals surface area (Å²) in [6, 6.07) is 3.66. The van der Waals surface area contributed by atoms with E-state index in [1.807, 2.05) is 11.0 Å². The maximum Gasteiger partial charge on any atom is 0.207 e. The molecule has 17 heavy (non-hydrogen) atoms. The fourth-order valence-electron chi connectivity index (χ4n) is 1.61. The minimum Gasteiger partial charge on any atom is -0.372 e. The highest BCUT2D eigenvalue weighted by molar-refractivity contribution is 6.29. The third-order valence-electron chi connectivity index (χ3n) is 2.44. The first-order valence-electron chi connectivity index (χ1n) is 5.18. The summed E-state index contributed by atoms with van der Waals surface area (Å²) in [7, 11) is 0. The second-order valence-electron chi connectivity index (χ2n) is 3.59. The van der Waals surface area contributed by atoms with Crippen LogP contribution < -0.4 is 0 Å². The van der Waals surface area contributed by atoms with E-state index >= 15 is 0 Å². The fraction of sp³-hybridized carbons (Fsp3) is 0.364. The van der Waals surface area contributed by atoms with Crippen LogP contribution >= 0.6 is 11.6 Å². The monoisotopic (exact) mass is 250 g/mol. The summed E-state index contributed by atoms with van der Waals surface area (Å²) in [6.45, 7) is 2.41. The Morgan fingerprint density at radius 2 is 2.47 bits per heavy atom. The predicted octanol–water partition coefficient (Wildman–Crippen LogP) is 1.45. The molecule has 1 aromatic rings. The average Bonchev–Trinajstić information content (AvgIpc) is 2.35. The van der Waals surface area contributed by atoms with Gasteiger partial charge in [-0.1, -0.05) is 17.7 Å². The Labute approximate surface area is 104 Å². The van der Waals surface area contributed by atoms with Gasteiger partial charge in [0.25, 0.3) is 0 Å². The summed E-state index contributed by atoms with van der Waals surface area (Å²) in [4.78, 5) is 9.79. The van der Waals surface area contributed by atoms with Gasteiger partial charge in [-0.2, -0.15) is 10.3 Å². The molecule has 1 aromatic heterocycles. The highest BCUT2D eigenvalue weighted by Crippen LogP contribution is 2.10. The smallest absolute Gasteiger partial charge is 0.207 e. The lowest BCUT2D eigenvalue weighted by Gasteiger charge is -2.29. The Kier molecular flexibility index (Phi) is 3.91. The van der Waals surface area contributed by atoms with Crippen molar-refractivity contribution in [3.63, 3.8) is 0 Å². The topological polar surface area (TPSA) is 61.5 Å². The van der Waals surface area contributed by atoms with Crippen LogP contribution in [0.2, 0.25) is 5.15 Å². The van der Waals surface area contributed by atoms with Gasteiger partial charge in [-0.15, -0.1) is 0 Å². The third kappa shape index (κ3) is 3.16. The first-order valence-corrected chi connectivity index (χ1v) is 5.56. The Morgan fingerprint density at radius 3 is 3.18 bits per heavy atom. The van der Waals surface area contributed by atoms with E-state index in [9.17, 15) is 0 Å². The van der Waals surface area contributed by atoms with Gasteiger partial charge in [-0.25, -0.2) is 4.98 Å². The van der Waals surface area contributed by atoms with Crippen LogP contribution in [0.15, 0.2) is 23.3 Å². The maximum atomic E-state index is 8.59. The number of hydrogen-bond acceptors (Lipinski definition) is 4. The van der Waals surface area contributed by atoms with E-state index in [0.717, 1.165) is 12.1 Å². The van der Waals surface area contributed by atoms with Gasteiger partial charge in [0.15, 0.2) is 0 Å². The van der Waals surface area contributed by atoms with Crippen molar-refractivity contribution in [3.05, 3.63) is 29.0 Å². The minimum atomic E-state index is 0.384. The number of aromatic nitrogens is 1. The molecule has 2 heterocycles. The average molecular weight is 251 g/mol. The molecule has 1 aliphatic rings. The van der Waals surface area contributed by atoms with Crippen molar-refractivity contribution in [1.29, 1.82) is 5.26 Å². The van der Waals surface area contributed by atoms with E-state index in [4.69, 9.17) is 21.6 Å². The molecule has 0 N–H and O–H groups in total. The number of morpholine rings is 1. The highest BCUT2D eigenvalue weighted by atomic mass is 35.5. The lowest BCUT2D eigenvalue weighted by molar-refractivity contribution is 0.114. The number of amidine groups is 1. The van der Waals surface area contributed by atoms with Gasteiger partial charge >= 0.3 is 0 Å². The number of ether oxygens (including phenoxy) is 1. The van der Waals surface area contributed by atoms with Gasteiger partial charge in [0.2, 0.25) is 6.19 Å². The summed E-state index contributed by atoms with van der Waals surface area (Å²) >= 11 is 5.72. The molecule has 0 spiro atoms. The normalized spacial score (nSPS) is 18.1. The van der Waals surface area contributed by atoms with Gasteiger partial charge in [0, 0.05) is 19.3 Å². The molecular weight excluding hydrogens is 240 g/mol. The van der Waals surface area contributed by atoms with Crippen LogP contribution in [0.25, 0.3) is 0 Å². The summed E-state index contributed by atoms with van der Waals surface area (Å²) in [5, 5.41) is 9.06. The van der Waals surface area contributed by atoms with Crippen LogP contribution in [0.4, 0.5) is 0 Å². The Hall–Kier alpha value is -1.64. The zero-order chi connectivity index (χ0) is 12.1. The molecule has 0 atom stereocenters. The van der Waals surface area contributed by atoms with E-state index in [-0.39, 0.29) is 0 Å². The second kappa shape index (κ2) is 5.62. The molecule has 1 fully saturated rings. The molecule has 0 unspecified atom stereocenters. The largest absolute Gasteiger partial charge is 0.372 e. The number of nitrogens with zero attached hydrogens (tertiary/aromatic N) is 4.